The van der Waals surface area contributed by atoms with E-state index in [1.54, 1.807) is 0 Å². The van der Waals surface area contributed by atoms with Crippen molar-refractivity contribution < 1.29 is 18.8 Å². The number of nitrogens with zero attached hydrogens (tertiary/aromatic N) is 2. The van der Waals surface area contributed by atoms with E-state index in [0.717, 1.165) is 51.0 Å². The minimum absolute atomic E-state index is 0.172. The van der Waals surface area contributed by atoms with Crippen LogP contribution in [0.4, 0.5) is 4.79 Å². The standard InChI is InChI=1S/C26H41BN2O4/c1-23(2,3)31-22(30)29-16-13-26(14-17-29)12-15-28(19-26)18-20-8-10-21(11-9-20)27-32-24(4,5)25(6,7)33-27/h8-11H,12-19H2,1-7H3. The highest BCUT2D eigenvalue weighted by molar-refractivity contribution is 6.62. The van der Waals surface area contributed by atoms with Crippen molar-refractivity contribution in [1.29, 1.82) is 0 Å². The molecule has 0 saturated carbocycles. The molecule has 0 aliphatic carbocycles. The van der Waals surface area contributed by atoms with E-state index in [4.69, 9.17) is 14.0 Å². The molecule has 1 aromatic carbocycles. The summed E-state index contributed by atoms with van der Waals surface area (Å²) in [5, 5.41) is 0. The summed E-state index contributed by atoms with van der Waals surface area (Å²) < 4.78 is 17.9. The second-order valence-corrected chi connectivity index (χ2v) is 12.3. The number of ether oxygens (including phenoxy) is 1. The van der Waals surface area contributed by atoms with Crippen molar-refractivity contribution in [3.8, 4) is 0 Å². The van der Waals surface area contributed by atoms with E-state index in [9.17, 15) is 4.79 Å². The zero-order valence-corrected chi connectivity index (χ0v) is 21.6. The lowest BCUT2D eigenvalue weighted by molar-refractivity contribution is 0.00578. The predicted molar refractivity (Wildman–Crippen MR) is 132 cm³/mol. The fourth-order valence-corrected chi connectivity index (χ4v) is 5.08. The second kappa shape index (κ2) is 8.58. The zero-order valence-electron chi connectivity index (χ0n) is 21.6. The Hall–Kier alpha value is -1.57. The zero-order chi connectivity index (χ0) is 24.1. The van der Waals surface area contributed by atoms with E-state index < -0.39 is 5.60 Å². The van der Waals surface area contributed by atoms with E-state index in [1.165, 1.54) is 12.0 Å². The molecule has 0 bridgehead atoms. The quantitative estimate of drug-likeness (QED) is 0.638. The average Bonchev–Trinajstić information content (AvgIpc) is 3.18. The Balaban J connectivity index is 1.28. The molecule has 4 rings (SSSR count). The van der Waals surface area contributed by atoms with Gasteiger partial charge in [-0.3, -0.25) is 4.90 Å². The predicted octanol–water partition coefficient (Wildman–Crippen LogP) is 4.21. The van der Waals surface area contributed by atoms with Crippen LogP contribution < -0.4 is 5.46 Å². The fourth-order valence-electron chi connectivity index (χ4n) is 5.08. The number of rotatable bonds is 3. The van der Waals surface area contributed by atoms with Crippen molar-refractivity contribution in [1.82, 2.24) is 9.80 Å². The number of hydrogen-bond donors (Lipinski definition) is 0. The number of benzene rings is 1. The molecule has 1 spiro atoms. The molecule has 182 valence electrons. The van der Waals surface area contributed by atoms with Crippen LogP contribution >= 0.6 is 0 Å². The van der Waals surface area contributed by atoms with Crippen molar-refractivity contribution in [3.05, 3.63) is 29.8 Å². The lowest BCUT2D eigenvalue weighted by Crippen LogP contribution is -2.46. The normalized spacial score (nSPS) is 24.5. The maximum Gasteiger partial charge on any atom is 0.494 e. The van der Waals surface area contributed by atoms with Crippen molar-refractivity contribution in [2.24, 2.45) is 5.41 Å². The maximum atomic E-state index is 12.4. The van der Waals surface area contributed by atoms with Crippen LogP contribution in [0.2, 0.25) is 0 Å². The minimum atomic E-state index is -0.436. The van der Waals surface area contributed by atoms with Gasteiger partial charge in [0.2, 0.25) is 0 Å². The van der Waals surface area contributed by atoms with Crippen molar-refractivity contribution in [2.75, 3.05) is 26.2 Å². The highest BCUT2D eigenvalue weighted by Crippen LogP contribution is 2.41. The summed E-state index contributed by atoms with van der Waals surface area (Å²) in [5.74, 6) is 0. The molecular formula is C26H41BN2O4. The number of amides is 1. The van der Waals surface area contributed by atoms with E-state index in [1.807, 2.05) is 25.7 Å². The van der Waals surface area contributed by atoms with Crippen LogP contribution in [0.25, 0.3) is 0 Å². The highest BCUT2D eigenvalue weighted by Gasteiger charge is 2.51. The first-order valence-electron chi connectivity index (χ1n) is 12.4. The molecule has 1 aromatic rings. The lowest BCUT2D eigenvalue weighted by Gasteiger charge is -2.39. The van der Waals surface area contributed by atoms with Crippen molar-refractivity contribution >= 4 is 18.7 Å². The van der Waals surface area contributed by atoms with Gasteiger partial charge in [-0.05, 0) is 90.7 Å². The summed E-state index contributed by atoms with van der Waals surface area (Å²) in [7, 11) is -0.311. The van der Waals surface area contributed by atoms with Crippen molar-refractivity contribution in [2.45, 2.75) is 91.1 Å². The van der Waals surface area contributed by atoms with Crippen LogP contribution in [0.15, 0.2) is 24.3 Å². The van der Waals surface area contributed by atoms with Crippen LogP contribution in [-0.4, -0.2) is 66.0 Å². The van der Waals surface area contributed by atoms with E-state index in [2.05, 4.69) is 56.9 Å². The highest BCUT2D eigenvalue weighted by atomic mass is 16.7. The SMILES string of the molecule is CC(C)(C)OC(=O)N1CCC2(CCN(Cc3ccc(B4OC(C)(C)C(C)(C)O4)cc3)C2)CC1. The number of likely N-dealkylation sites (tertiary alicyclic amines) is 2. The summed E-state index contributed by atoms with van der Waals surface area (Å²) in [6.07, 6.45) is 3.16. The molecule has 3 aliphatic rings. The van der Waals surface area contributed by atoms with E-state index >= 15 is 0 Å². The molecule has 3 heterocycles. The smallest absolute Gasteiger partial charge is 0.444 e. The molecule has 3 saturated heterocycles. The van der Waals surface area contributed by atoms with Gasteiger partial charge in [0.25, 0.3) is 0 Å². The van der Waals surface area contributed by atoms with Gasteiger partial charge in [-0.2, -0.15) is 0 Å². The van der Waals surface area contributed by atoms with Crippen LogP contribution in [0.3, 0.4) is 0 Å². The summed E-state index contributed by atoms with van der Waals surface area (Å²) in [5.41, 5.74) is 1.65. The van der Waals surface area contributed by atoms with Gasteiger partial charge in [-0.15, -0.1) is 0 Å². The Labute approximate surface area is 200 Å². The molecule has 33 heavy (non-hydrogen) atoms. The van der Waals surface area contributed by atoms with Gasteiger partial charge in [0, 0.05) is 26.2 Å². The van der Waals surface area contributed by atoms with Gasteiger partial charge in [0.1, 0.15) is 5.60 Å². The Bertz CT molecular complexity index is 838. The first-order chi connectivity index (χ1) is 15.3. The van der Waals surface area contributed by atoms with Gasteiger partial charge in [-0.25, -0.2) is 4.79 Å². The summed E-state index contributed by atoms with van der Waals surface area (Å²) in [4.78, 5) is 16.8. The molecule has 0 radical (unpaired) electrons. The Morgan fingerprint density at radius 3 is 2.06 bits per heavy atom. The Morgan fingerprint density at radius 1 is 0.970 bits per heavy atom. The first-order valence-corrected chi connectivity index (χ1v) is 12.4. The van der Waals surface area contributed by atoms with Gasteiger partial charge in [0.15, 0.2) is 0 Å². The summed E-state index contributed by atoms with van der Waals surface area (Å²) >= 11 is 0. The molecule has 7 heteroatoms. The molecule has 0 aromatic heterocycles. The third-order valence-corrected chi connectivity index (χ3v) is 7.90. The number of piperidine rings is 1. The van der Waals surface area contributed by atoms with Gasteiger partial charge in [0.05, 0.1) is 11.2 Å². The van der Waals surface area contributed by atoms with Crippen LogP contribution in [0, 0.1) is 5.41 Å². The topological polar surface area (TPSA) is 51.2 Å². The average molecular weight is 456 g/mol. The third-order valence-electron chi connectivity index (χ3n) is 7.90. The first kappa shape index (κ1) is 24.6. The van der Waals surface area contributed by atoms with Gasteiger partial charge in [-0.1, -0.05) is 24.3 Å². The molecule has 3 fully saturated rings. The number of carbonyl (C=O) groups is 1. The van der Waals surface area contributed by atoms with Crippen LogP contribution in [0.1, 0.15) is 73.3 Å². The monoisotopic (exact) mass is 456 g/mol. The van der Waals surface area contributed by atoms with Crippen LogP contribution in [-0.2, 0) is 20.6 Å². The number of carbonyl (C=O) groups excluding carboxylic acids is 1. The molecule has 0 atom stereocenters. The number of hydrogen-bond acceptors (Lipinski definition) is 5. The van der Waals surface area contributed by atoms with Crippen LogP contribution in [0.5, 0.6) is 0 Å². The second-order valence-electron chi connectivity index (χ2n) is 12.3. The molecular weight excluding hydrogens is 415 g/mol. The maximum absolute atomic E-state index is 12.4. The molecule has 3 aliphatic heterocycles. The van der Waals surface area contributed by atoms with Gasteiger partial charge < -0.3 is 18.9 Å². The summed E-state index contributed by atoms with van der Waals surface area (Å²) in [6, 6.07) is 8.69. The van der Waals surface area contributed by atoms with Crippen molar-refractivity contribution in [3.63, 3.8) is 0 Å². The Kier molecular flexibility index (Phi) is 6.39. The Morgan fingerprint density at radius 2 is 1.52 bits per heavy atom. The van der Waals surface area contributed by atoms with Gasteiger partial charge >= 0.3 is 13.2 Å². The lowest BCUT2D eigenvalue weighted by atomic mass is 9.78. The summed E-state index contributed by atoms with van der Waals surface area (Å²) in [6.45, 7) is 18.9. The molecule has 0 N–H and O–H groups in total. The largest absolute Gasteiger partial charge is 0.494 e. The fraction of sp³-hybridized carbons (Fsp3) is 0.731. The molecule has 0 unspecified atom stereocenters. The molecule has 6 nitrogen and oxygen atoms in total. The minimum Gasteiger partial charge on any atom is -0.444 e. The van der Waals surface area contributed by atoms with E-state index in [0.29, 0.717) is 5.41 Å². The molecule has 1 amide bonds. The van der Waals surface area contributed by atoms with E-state index in [-0.39, 0.29) is 24.4 Å². The third kappa shape index (κ3) is 5.41.